The molecule has 0 fully saturated rings. The fraction of sp³-hybridized carbons (Fsp3) is 0.0667. The normalized spacial score (nSPS) is 10.9. The molecule has 6 rings (SSSR count). The zero-order valence-electron chi connectivity index (χ0n) is 21.8. The Bertz CT molecular complexity index is 1700. The number of nitrogens with one attached hydrogen (secondary N) is 2. The van der Waals surface area contributed by atoms with Crippen molar-refractivity contribution in [3.8, 4) is 34.4 Å². The van der Waals surface area contributed by atoms with Crippen LogP contribution in [0, 0.1) is 13.8 Å². The molecule has 0 atom stereocenters. The summed E-state index contributed by atoms with van der Waals surface area (Å²) in [5.41, 5.74) is 2.26. The van der Waals surface area contributed by atoms with E-state index in [0.717, 1.165) is 11.5 Å². The van der Waals surface area contributed by atoms with E-state index < -0.39 is 0 Å². The van der Waals surface area contributed by atoms with Gasteiger partial charge < -0.3 is 13.6 Å². The zero-order chi connectivity index (χ0) is 28.3. The lowest BCUT2D eigenvalue weighted by Gasteiger charge is -2.08. The minimum Gasteiger partial charge on any atom is -0.460 e. The topological polar surface area (TPSA) is 119 Å². The molecule has 0 spiro atoms. The molecule has 2 N–H and O–H groups in total. The van der Waals surface area contributed by atoms with Gasteiger partial charge in [-0.25, -0.2) is 9.97 Å². The van der Waals surface area contributed by atoms with E-state index in [1.807, 2.05) is 48.9 Å². The second-order valence-electron chi connectivity index (χ2n) is 8.96. The third kappa shape index (κ3) is 6.11. The van der Waals surface area contributed by atoms with Crippen molar-refractivity contribution in [1.82, 2.24) is 9.97 Å². The predicted molar refractivity (Wildman–Crippen MR) is 158 cm³/mol. The van der Waals surface area contributed by atoms with E-state index in [4.69, 9.17) is 13.6 Å². The van der Waals surface area contributed by atoms with E-state index in [1.165, 1.54) is 22.7 Å². The molecule has 0 bridgehead atoms. The van der Waals surface area contributed by atoms with Gasteiger partial charge in [-0.1, -0.05) is 0 Å². The van der Waals surface area contributed by atoms with Crippen molar-refractivity contribution in [2.45, 2.75) is 13.8 Å². The molecule has 9 nitrogen and oxygen atoms in total. The summed E-state index contributed by atoms with van der Waals surface area (Å²) in [6.07, 6.45) is 0. The van der Waals surface area contributed by atoms with Gasteiger partial charge in [0.2, 0.25) is 0 Å². The Morgan fingerprint density at radius 1 is 0.634 bits per heavy atom. The highest BCUT2D eigenvalue weighted by molar-refractivity contribution is 7.14. The molecule has 0 aliphatic rings. The lowest BCUT2D eigenvalue weighted by Crippen LogP contribution is -2.11. The Balaban J connectivity index is 1.03. The first-order chi connectivity index (χ1) is 19.9. The van der Waals surface area contributed by atoms with Gasteiger partial charge in [0.05, 0.1) is 0 Å². The maximum Gasteiger partial charge on any atom is 0.257 e. The highest BCUT2D eigenvalue weighted by Crippen LogP contribution is 2.29. The number of anilines is 2. The third-order valence-corrected chi connectivity index (χ3v) is 7.42. The van der Waals surface area contributed by atoms with Crippen LogP contribution < -0.4 is 15.4 Å². The number of furan rings is 2. The van der Waals surface area contributed by atoms with Gasteiger partial charge in [-0.15, -0.1) is 22.7 Å². The second-order valence-corrected chi connectivity index (χ2v) is 10.7. The first-order valence-electron chi connectivity index (χ1n) is 12.4. The minimum absolute atomic E-state index is 0.282. The maximum absolute atomic E-state index is 12.7. The van der Waals surface area contributed by atoms with Crippen LogP contribution in [0.15, 0.2) is 92.4 Å². The lowest BCUT2D eigenvalue weighted by atomic mass is 10.2. The SMILES string of the molecule is Cc1ccc(-c2csc(NC(=O)c3ccc(Oc4ccc(C(=O)Nc5nc(-c6ccc(C)o6)cs5)cc4)cc3)n2)o1. The molecule has 0 radical (unpaired) electrons. The van der Waals surface area contributed by atoms with Gasteiger partial charge >= 0.3 is 0 Å². The molecule has 2 amide bonds. The van der Waals surface area contributed by atoms with Crippen LogP contribution in [0.5, 0.6) is 11.5 Å². The fourth-order valence-electron chi connectivity index (χ4n) is 3.86. The van der Waals surface area contributed by atoms with Crippen molar-refractivity contribution in [3.05, 3.63) is 106 Å². The van der Waals surface area contributed by atoms with Crippen LogP contribution in [0.4, 0.5) is 10.3 Å². The van der Waals surface area contributed by atoms with Crippen LogP contribution >= 0.6 is 22.7 Å². The number of amides is 2. The largest absolute Gasteiger partial charge is 0.460 e. The smallest absolute Gasteiger partial charge is 0.257 e. The Kier molecular flexibility index (Phi) is 7.19. The molecular weight excluding hydrogens is 560 g/mol. The predicted octanol–water partition coefficient (Wildman–Crippen LogP) is 8.03. The Morgan fingerprint density at radius 3 is 1.41 bits per heavy atom. The molecule has 0 aliphatic heterocycles. The van der Waals surface area contributed by atoms with Gasteiger partial charge in [0.1, 0.15) is 34.4 Å². The molecule has 0 aliphatic carbocycles. The number of benzene rings is 2. The first kappa shape index (κ1) is 26.2. The molecule has 0 saturated carbocycles. The molecule has 4 heterocycles. The lowest BCUT2D eigenvalue weighted by molar-refractivity contribution is 0.101. The fourth-order valence-corrected chi connectivity index (χ4v) is 5.25. The van der Waals surface area contributed by atoms with Gasteiger partial charge in [0.15, 0.2) is 21.8 Å². The number of carbonyl (C=O) groups excluding carboxylic acids is 2. The van der Waals surface area contributed by atoms with Crippen molar-refractivity contribution in [2.24, 2.45) is 0 Å². The average molecular weight is 583 g/mol. The second kappa shape index (κ2) is 11.2. The zero-order valence-corrected chi connectivity index (χ0v) is 23.5. The van der Waals surface area contributed by atoms with E-state index in [9.17, 15) is 9.59 Å². The molecular formula is C30H22N4O5S2. The Hall–Kier alpha value is -5.00. The van der Waals surface area contributed by atoms with Crippen molar-refractivity contribution < 1.29 is 23.2 Å². The summed E-state index contributed by atoms with van der Waals surface area (Å²) in [4.78, 5) is 34.2. The van der Waals surface area contributed by atoms with Gasteiger partial charge in [0, 0.05) is 21.9 Å². The van der Waals surface area contributed by atoms with Gasteiger partial charge in [-0.3, -0.25) is 20.2 Å². The number of hydrogen-bond donors (Lipinski definition) is 2. The summed E-state index contributed by atoms with van der Waals surface area (Å²) in [6.45, 7) is 3.73. The van der Waals surface area contributed by atoms with E-state index in [2.05, 4.69) is 20.6 Å². The van der Waals surface area contributed by atoms with E-state index in [0.29, 0.717) is 55.8 Å². The van der Waals surface area contributed by atoms with Gasteiger partial charge in [-0.2, -0.15) is 0 Å². The van der Waals surface area contributed by atoms with Crippen LogP contribution in [0.3, 0.4) is 0 Å². The van der Waals surface area contributed by atoms with Crippen LogP contribution in [0.25, 0.3) is 22.9 Å². The first-order valence-corrected chi connectivity index (χ1v) is 14.2. The van der Waals surface area contributed by atoms with E-state index >= 15 is 0 Å². The standard InChI is InChI=1S/C30H22N4O5S2/c1-17-3-13-25(37-17)23-15-40-29(31-23)33-27(35)19-5-9-21(10-6-19)39-22-11-7-20(8-12-22)28(36)34-30-32-24(16-41-30)26-14-4-18(2)38-26/h3-16H,1-2H3,(H,31,33,35)(H,32,34,36). The van der Waals surface area contributed by atoms with E-state index in [1.54, 1.807) is 48.5 Å². The van der Waals surface area contributed by atoms with Crippen LogP contribution in [-0.4, -0.2) is 21.8 Å². The molecule has 11 heteroatoms. The Morgan fingerprint density at radius 2 is 1.05 bits per heavy atom. The molecule has 2 aromatic carbocycles. The third-order valence-electron chi connectivity index (χ3n) is 5.90. The molecule has 0 saturated heterocycles. The molecule has 41 heavy (non-hydrogen) atoms. The maximum atomic E-state index is 12.7. The Labute approximate surface area is 242 Å². The number of rotatable bonds is 8. The minimum atomic E-state index is -0.282. The summed E-state index contributed by atoms with van der Waals surface area (Å²) in [7, 11) is 0. The summed E-state index contributed by atoms with van der Waals surface area (Å²) < 4.78 is 17.1. The van der Waals surface area contributed by atoms with E-state index in [-0.39, 0.29) is 11.8 Å². The summed E-state index contributed by atoms with van der Waals surface area (Å²) >= 11 is 2.65. The number of carbonyl (C=O) groups is 2. The van der Waals surface area contributed by atoms with Crippen LogP contribution in [0.1, 0.15) is 32.2 Å². The summed E-state index contributed by atoms with van der Waals surface area (Å²) in [6, 6.07) is 20.9. The number of ether oxygens (including phenoxy) is 1. The van der Waals surface area contributed by atoms with Gasteiger partial charge in [0.25, 0.3) is 11.8 Å². The molecule has 0 unspecified atom stereocenters. The number of aromatic nitrogens is 2. The van der Waals surface area contributed by atoms with Crippen LogP contribution in [-0.2, 0) is 0 Å². The van der Waals surface area contributed by atoms with Crippen LogP contribution in [0.2, 0.25) is 0 Å². The average Bonchev–Trinajstić information content (AvgIpc) is 3.78. The van der Waals surface area contributed by atoms with Crippen molar-refractivity contribution in [2.75, 3.05) is 10.6 Å². The highest BCUT2D eigenvalue weighted by atomic mass is 32.1. The number of nitrogens with zero attached hydrogens (tertiary/aromatic N) is 2. The van der Waals surface area contributed by atoms with Crippen molar-refractivity contribution in [1.29, 1.82) is 0 Å². The summed E-state index contributed by atoms with van der Waals surface area (Å²) in [5, 5.41) is 10.2. The molecule has 6 aromatic rings. The number of thiazole rings is 2. The quantitative estimate of drug-likeness (QED) is 0.186. The number of hydrogen-bond acceptors (Lipinski definition) is 9. The summed E-state index contributed by atoms with van der Waals surface area (Å²) in [5.74, 6) is 3.44. The van der Waals surface area contributed by atoms with Crippen molar-refractivity contribution in [3.63, 3.8) is 0 Å². The molecule has 204 valence electrons. The highest BCUT2D eigenvalue weighted by Gasteiger charge is 2.14. The monoisotopic (exact) mass is 582 g/mol. The van der Waals surface area contributed by atoms with Gasteiger partial charge in [-0.05, 0) is 86.6 Å². The number of aryl methyl sites for hydroxylation is 2. The van der Waals surface area contributed by atoms with Crippen molar-refractivity contribution >= 4 is 44.8 Å². The molecule has 4 aromatic heterocycles.